The summed E-state index contributed by atoms with van der Waals surface area (Å²) in [5, 5.41) is 12.6. The minimum Gasteiger partial charge on any atom is -0.480 e. The predicted octanol–water partition coefficient (Wildman–Crippen LogP) is 3.75. The average Bonchev–Trinajstić information content (AvgIpc) is 3.17. The minimum atomic E-state index is -1.04. The van der Waals surface area contributed by atoms with Crippen LogP contribution in [0.2, 0.25) is 5.15 Å². The fraction of sp³-hybridized carbons (Fsp3) is 0.190. The lowest BCUT2D eigenvalue weighted by Crippen LogP contribution is -2.30. The largest absolute Gasteiger partial charge is 0.480 e. The Bertz CT molecular complexity index is 1100. The van der Waals surface area contributed by atoms with Crippen LogP contribution in [-0.2, 0) is 17.8 Å². The molecule has 6 nitrogen and oxygen atoms in total. The second kappa shape index (κ2) is 7.48. The van der Waals surface area contributed by atoms with Crippen molar-refractivity contribution in [2.45, 2.75) is 25.4 Å². The number of aliphatic carboxylic acids is 1. The maximum absolute atomic E-state index is 12.8. The molecule has 0 bridgehead atoms. The van der Waals surface area contributed by atoms with Gasteiger partial charge in [0.1, 0.15) is 6.04 Å². The van der Waals surface area contributed by atoms with Crippen molar-refractivity contribution < 1.29 is 9.90 Å². The highest BCUT2D eigenvalue weighted by Crippen LogP contribution is 2.29. The fourth-order valence-corrected chi connectivity index (χ4v) is 3.80. The van der Waals surface area contributed by atoms with Crippen molar-refractivity contribution in [2.24, 2.45) is 0 Å². The third-order valence-corrected chi connectivity index (χ3v) is 5.21. The molecule has 0 aliphatic carbocycles. The van der Waals surface area contributed by atoms with Gasteiger partial charge in [-0.15, -0.1) is 0 Å². The summed E-state index contributed by atoms with van der Waals surface area (Å²) < 4.78 is 1.25. The molecule has 0 fully saturated rings. The van der Waals surface area contributed by atoms with E-state index in [2.05, 4.69) is 10.3 Å². The molecule has 0 saturated carbocycles. The minimum absolute atomic E-state index is 0.0621. The molecule has 142 valence electrons. The Morgan fingerprint density at radius 2 is 1.93 bits per heavy atom. The van der Waals surface area contributed by atoms with Gasteiger partial charge in [0, 0.05) is 6.54 Å². The molecule has 0 spiro atoms. The molecule has 1 aromatic heterocycles. The summed E-state index contributed by atoms with van der Waals surface area (Å²) in [6.45, 7) is 0.371. The van der Waals surface area contributed by atoms with E-state index in [-0.39, 0.29) is 11.0 Å². The lowest BCUT2D eigenvalue weighted by Gasteiger charge is -2.13. The Morgan fingerprint density at radius 3 is 2.68 bits per heavy atom. The van der Waals surface area contributed by atoms with Gasteiger partial charge in [0.15, 0.2) is 11.0 Å². The van der Waals surface area contributed by atoms with Crippen molar-refractivity contribution >= 4 is 23.4 Å². The number of carboxylic acid groups (broad SMARTS) is 1. The molecule has 1 atom stereocenters. The van der Waals surface area contributed by atoms with Crippen LogP contribution >= 0.6 is 11.6 Å². The van der Waals surface area contributed by atoms with Crippen LogP contribution in [0.3, 0.4) is 0 Å². The highest BCUT2D eigenvalue weighted by molar-refractivity contribution is 6.30. The highest BCUT2D eigenvalue weighted by Gasteiger charge is 2.32. The second-order valence-electron chi connectivity index (χ2n) is 6.69. The monoisotopic (exact) mass is 395 g/mol. The standard InChI is InChI=1S/C21H18ClN3O3/c22-18-16-9-10-17(21(27)28)25(16)20(26)19(24-18)23-12-13-5-4-8-15(11-13)14-6-2-1-3-7-14/h1-8,11,17H,9-10,12H2,(H,23,24)(H,27,28)/t17-/m0/s1. The molecule has 2 N–H and O–H groups in total. The molecule has 1 aliphatic rings. The first-order valence-corrected chi connectivity index (χ1v) is 9.34. The van der Waals surface area contributed by atoms with Crippen LogP contribution in [0.4, 0.5) is 5.82 Å². The number of rotatable bonds is 5. The first-order valence-electron chi connectivity index (χ1n) is 8.96. The van der Waals surface area contributed by atoms with E-state index in [4.69, 9.17) is 11.6 Å². The smallest absolute Gasteiger partial charge is 0.326 e. The topological polar surface area (TPSA) is 84.2 Å². The molecule has 2 aromatic carbocycles. The Hall–Kier alpha value is -3.12. The van der Waals surface area contributed by atoms with Gasteiger partial charge in [0.25, 0.3) is 5.56 Å². The number of fused-ring (bicyclic) bond motifs is 1. The number of nitrogens with zero attached hydrogens (tertiary/aromatic N) is 2. The Balaban J connectivity index is 1.60. The SMILES string of the molecule is O=C(O)[C@@H]1CCc2c(Cl)nc(NCc3cccc(-c4ccccc4)c3)c(=O)n21. The van der Waals surface area contributed by atoms with Crippen molar-refractivity contribution in [3.05, 3.63) is 81.4 Å². The summed E-state index contributed by atoms with van der Waals surface area (Å²) in [5.41, 5.74) is 3.17. The third-order valence-electron chi connectivity index (χ3n) is 4.91. The van der Waals surface area contributed by atoms with Crippen LogP contribution in [0.25, 0.3) is 11.1 Å². The number of halogens is 1. The summed E-state index contributed by atoms with van der Waals surface area (Å²) in [5.74, 6) is -0.975. The maximum atomic E-state index is 12.8. The number of anilines is 1. The van der Waals surface area contributed by atoms with Gasteiger partial charge >= 0.3 is 5.97 Å². The summed E-state index contributed by atoms with van der Waals surface area (Å²) >= 11 is 6.20. The van der Waals surface area contributed by atoms with Gasteiger partial charge in [-0.25, -0.2) is 9.78 Å². The molecule has 0 amide bonds. The molecule has 7 heteroatoms. The van der Waals surface area contributed by atoms with E-state index in [1.54, 1.807) is 0 Å². The molecule has 0 radical (unpaired) electrons. The molecular formula is C21H18ClN3O3. The summed E-state index contributed by atoms with van der Waals surface area (Å²) in [6.07, 6.45) is 0.770. The van der Waals surface area contributed by atoms with Crippen molar-refractivity contribution in [1.29, 1.82) is 0 Å². The van der Waals surface area contributed by atoms with Crippen molar-refractivity contribution in [3.63, 3.8) is 0 Å². The summed E-state index contributed by atoms with van der Waals surface area (Å²) in [7, 11) is 0. The normalized spacial score (nSPS) is 15.2. The Labute approximate surface area is 166 Å². The van der Waals surface area contributed by atoms with Crippen LogP contribution in [0.15, 0.2) is 59.4 Å². The molecule has 28 heavy (non-hydrogen) atoms. The zero-order valence-electron chi connectivity index (χ0n) is 14.9. The van der Waals surface area contributed by atoms with Crippen LogP contribution in [0.5, 0.6) is 0 Å². The van der Waals surface area contributed by atoms with Gasteiger partial charge in [-0.3, -0.25) is 9.36 Å². The van der Waals surface area contributed by atoms with Crippen molar-refractivity contribution in [1.82, 2.24) is 9.55 Å². The van der Waals surface area contributed by atoms with E-state index in [1.807, 2.05) is 54.6 Å². The third kappa shape index (κ3) is 3.39. The highest BCUT2D eigenvalue weighted by atomic mass is 35.5. The molecule has 2 heterocycles. The van der Waals surface area contributed by atoms with E-state index in [1.165, 1.54) is 4.57 Å². The lowest BCUT2D eigenvalue weighted by molar-refractivity contribution is -0.140. The molecule has 4 rings (SSSR count). The molecular weight excluding hydrogens is 378 g/mol. The van der Waals surface area contributed by atoms with Crippen LogP contribution < -0.4 is 10.9 Å². The molecule has 1 aliphatic heterocycles. The first-order chi connectivity index (χ1) is 13.5. The quantitative estimate of drug-likeness (QED) is 0.687. The predicted molar refractivity (Wildman–Crippen MR) is 108 cm³/mol. The number of carbonyl (C=O) groups is 1. The maximum Gasteiger partial charge on any atom is 0.326 e. The van der Waals surface area contributed by atoms with Crippen LogP contribution in [0, 0.1) is 0 Å². The number of hydrogen-bond donors (Lipinski definition) is 2. The van der Waals surface area contributed by atoms with Crippen LogP contribution in [-0.4, -0.2) is 20.6 Å². The fourth-order valence-electron chi connectivity index (χ4n) is 3.53. The zero-order valence-corrected chi connectivity index (χ0v) is 15.7. The van der Waals surface area contributed by atoms with Crippen molar-refractivity contribution in [2.75, 3.05) is 5.32 Å². The van der Waals surface area contributed by atoms with E-state index < -0.39 is 17.6 Å². The molecule has 0 saturated heterocycles. The van der Waals surface area contributed by atoms with E-state index in [9.17, 15) is 14.7 Å². The van der Waals surface area contributed by atoms with Gasteiger partial charge in [-0.2, -0.15) is 0 Å². The van der Waals surface area contributed by atoms with Crippen molar-refractivity contribution in [3.8, 4) is 11.1 Å². The van der Waals surface area contributed by atoms with E-state index in [0.717, 1.165) is 16.7 Å². The summed E-state index contributed by atoms with van der Waals surface area (Å²) in [4.78, 5) is 28.4. The zero-order chi connectivity index (χ0) is 19.7. The average molecular weight is 396 g/mol. The molecule has 3 aromatic rings. The number of aromatic nitrogens is 2. The van der Waals surface area contributed by atoms with Gasteiger partial charge < -0.3 is 10.4 Å². The van der Waals surface area contributed by atoms with Crippen LogP contribution in [0.1, 0.15) is 23.7 Å². The van der Waals surface area contributed by atoms with Gasteiger partial charge in [0.2, 0.25) is 0 Å². The summed E-state index contributed by atoms with van der Waals surface area (Å²) in [6, 6.07) is 17.1. The lowest BCUT2D eigenvalue weighted by atomic mass is 10.0. The van der Waals surface area contributed by atoms with E-state index in [0.29, 0.717) is 25.1 Å². The van der Waals surface area contributed by atoms with E-state index >= 15 is 0 Å². The van der Waals surface area contributed by atoms with Gasteiger partial charge in [-0.1, -0.05) is 60.1 Å². The number of benzene rings is 2. The van der Waals surface area contributed by atoms with Gasteiger partial charge in [-0.05, 0) is 35.6 Å². The Kier molecular flexibility index (Phi) is 4.88. The number of carboxylic acids is 1. The number of nitrogens with one attached hydrogen (secondary N) is 1. The number of hydrogen-bond acceptors (Lipinski definition) is 4. The first kappa shape index (κ1) is 18.3. The van der Waals surface area contributed by atoms with Gasteiger partial charge in [0.05, 0.1) is 5.69 Å². The second-order valence-corrected chi connectivity index (χ2v) is 7.04. The Morgan fingerprint density at radius 1 is 1.18 bits per heavy atom. The molecule has 0 unspecified atom stereocenters.